The molecular formula is C117H180N6O22S. The van der Waals surface area contributed by atoms with Crippen molar-refractivity contribution in [3.05, 3.63) is 69.9 Å². The van der Waals surface area contributed by atoms with Crippen LogP contribution in [0.2, 0.25) is 0 Å². The summed E-state index contributed by atoms with van der Waals surface area (Å²) < 4.78 is 76.7. The zero-order valence-electron chi connectivity index (χ0n) is 90.7. The molecule has 31 atom stereocenters. The van der Waals surface area contributed by atoms with Crippen LogP contribution in [0.3, 0.4) is 0 Å². The third-order valence-electron chi connectivity index (χ3n) is 38.7. The summed E-state index contributed by atoms with van der Waals surface area (Å²) in [5, 5.41) is 18.4. The number of carbonyl (C=O) groups excluding carboxylic acids is 6. The summed E-state index contributed by atoms with van der Waals surface area (Å²) >= 11 is 1.64. The molecule has 0 spiro atoms. The van der Waals surface area contributed by atoms with Crippen molar-refractivity contribution >= 4 is 53.5 Å². The largest absolute Gasteiger partial charge is 0.480 e. The quantitative estimate of drug-likeness (QED) is 0.0506. The lowest BCUT2D eigenvalue weighted by Gasteiger charge is -2.34. The Labute approximate surface area is 875 Å². The first-order chi connectivity index (χ1) is 70.1. The number of rotatable bonds is 15. The second-order valence-electron chi connectivity index (χ2n) is 49.8. The number of carboxylic acid groups (broad SMARTS) is 1. The predicted molar refractivity (Wildman–Crippen MR) is 557 cm³/mol. The Balaban J connectivity index is 0.000000115. The minimum Gasteiger partial charge on any atom is -0.480 e. The topological polar surface area (TPSA) is 319 Å². The number of likely N-dealkylation sites (tertiary alicyclic amines) is 3. The molecule has 146 heavy (non-hydrogen) atoms. The number of esters is 6. The molecule has 0 aromatic carbocycles. The Bertz CT molecular complexity index is 4630. The number of fused-ring (bicyclic) bond motifs is 18. The lowest BCUT2D eigenvalue weighted by Crippen LogP contribution is -2.47. The number of aliphatic hydroxyl groups is 1. The first-order valence-corrected chi connectivity index (χ1v) is 58.8. The highest BCUT2D eigenvalue weighted by atomic mass is 32.2. The van der Waals surface area contributed by atoms with E-state index in [1.807, 2.05) is 4.90 Å². The molecule has 0 bridgehead atoms. The summed E-state index contributed by atoms with van der Waals surface area (Å²) in [5.74, 6) is 1.72. The molecule has 0 saturated carbocycles. The summed E-state index contributed by atoms with van der Waals surface area (Å²) in [6.07, 6.45) is 49.4. The summed E-state index contributed by atoms with van der Waals surface area (Å²) in [6, 6.07) is -0.467. The van der Waals surface area contributed by atoms with E-state index >= 15 is 0 Å². The van der Waals surface area contributed by atoms with Crippen LogP contribution in [0.5, 0.6) is 0 Å². The van der Waals surface area contributed by atoms with Crippen LogP contribution in [0.25, 0.3) is 0 Å². The van der Waals surface area contributed by atoms with Crippen LogP contribution in [0.1, 0.15) is 295 Å². The van der Waals surface area contributed by atoms with Crippen molar-refractivity contribution in [3.8, 4) is 0 Å². The second-order valence-corrected chi connectivity index (χ2v) is 50.9. The molecule has 0 aromatic rings. The number of hydrogen-bond acceptors (Lipinski definition) is 28. The van der Waals surface area contributed by atoms with Gasteiger partial charge in [-0.3, -0.25) is 48.3 Å². The van der Waals surface area contributed by atoms with Crippen LogP contribution >= 0.6 is 11.8 Å². The van der Waals surface area contributed by atoms with Gasteiger partial charge in [-0.05, 0) is 315 Å². The molecular weight excluding hydrogens is 1870 g/mol. The Morgan fingerprint density at radius 3 is 0.863 bits per heavy atom. The van der Waals surface area contributed by atoms with E-state index in [1.54, 1.807) is 11.8 Å². The highest BCUT2D eigenvalue weighted by Gasteiger charge is 2.70. The highest BCUT2D eigenvalue weighted by Crippen LogP contribution is 2.58. The molecule has 17 saturated heterocycles. The molecule has 2 N–H and O–H groups in total. The zero-order valence-corrected chi connectivity index (χ0v) is 91.5. The van der Waals surface area contributed by atoms with E-state index in [2.05, 4.69) is 151 Å². The van der Waals surface area contributed by atoms with E-state index in [1.165, 1.54) is 78.4 Å². The maximum atomic E-state index is 12.7. The highest BCUT2D eigenvalue weighted by molar-refractivity contribution is 7.99. The molecule has 23 aliphatic rings. The number of carbonyl (C=O) groups is 7. The monoisotopic (exact) mass is 2050 g/mol. The molecule has 0 aromatic heterocycles. The Kier molecular flexibility index (Phi) is 36.1. The SMILES string of the molecule is C/C1=C\CC[C@@]2(C)O[C@H]2[C@H]2OC(=O)[C@@H](CN3CCCC3C(=O)O)[C@@H]2CC1.C/C1=C\CC[C@@]2(C)O[C@H]2[C@H]2OC(=O)[C@@H](CN3CCCCC3)[C@@H]2CC1.C/C1=C\CC[C@@]2(C)O[C@H]2[C@H]2OC(=O)[C@@H](CN3CCCCCC3)[C@@H]2CC1.C/C1=C\CC[C@@]2(C)O[C@H]2[C@H]2OC(=O)[C@@H](CN3CCN(C)CC3)[C@@H]2CC1.C/C1=C\CC[C@@]2(C)O[C@H]2[C@H]2OC(=O)[C@@H](CN3CCOCC3)[C@@H]2CC1.C/C1=C\CC[C@@]2(C)O[C@H]2[C@H]2OC(=O)[C@@H](CSCCO)[C@@H]2CC1. The van der Waals surface area contributed by atoms with Crippen molar-refractivity contribution in [1.82, 2.24) is 29.4 Å². The lowest BCUT2D eigenvalue weighted by atomic mass is 9.80. The number of allylic oxidation sites excluding steroid dienone is 12. The number of piperidine rings is 1. The van der Waals surface area contributed by atoms with Gasteiger partial charge in [-0.2, -0.15) is 11.8 Å². The molecule has 17 heterocycles. The number of epoxide rings is 6. The second kappa shape index (κ2) is 47.9. The van der Waals surface area contributed by atoms with E-state index in [0.29, 0.717) is 36.5 Å². The Morgan fingerprint density at radius 2 is 0.582 bits per heavy atom. The fourth-order valence-corrected chi connectivity index (χ4v) is 29.4. The molecule has 6 aliphatic carbocycles. The molecule has 29 heteroatoms. The van der Waals surface area contributed by atoms with Gasteiger partial charge in [-0.1, -0.05) is 89.2 Å². The van der Waals surface area contributed by atoms with Gasteiger partial charge < -0.3 is 86.5 Å². The third kappa shape index (κ3) is 26.5. The van der Waals surface area contributed by atoms with Gasteiger partial charge in [0.2, 0.25) is 0 Å². The van der Waals surface area contributed by atoms with Crippen LogP contribution in [0.4, 0.5) is 0 Å². The lowest BCUT2D eigenvalue weighted by molar-refractivity contribution is -0.147. The van der Waals surface area contributed by atoms with Gasteiger partial charge >= 0.3 is 41.8 Å². The molecule has 1 unspecified atom stereocenters. The van der Waals surface area contributed by atoms with Gasteiger partial charge in [-0.25, -0.2) is 0 Å². The Hall–Kier alpha value is -5.48. The first kappa shape index (κ1) is 110. The van der Waals surface area contributed by atoms with E-state index in [-0.39, 0.29) is 203 Å². The number of likely N-dealkylation sites (N-methyl/N-ethyl adjacent to an activating group) is 1. The van der Waals surface area contributed by atoms with Crippen molar-refractivity contribution in [1.29, 1.82) is 0 Å². The smallest absolute Gasteiger partial charge is 0.320 e. The molecule has 0 amide bonds. The van der Waals surface area contributed by atoms with Gasteiger partial charge in [0, 0.05) is 119 Å². The molecule has 816 valence electrons. The number of carboxylic acids is 1. The number of nitrogens with zero attached hydrogens (tertiary/aromatic N) is 6. The number of ether oxygens (including phenoxy) is 13. The van der Waals surface area contributed by atoms with Crippen molar-refractivity contribution in [2.75, 3.05) is 143 Å². The third-order valence-corrected chi connectivity index (χ3v) is 39.8. The Morgan fingerprint density at radius 1 is 0.329 bits per heavy atom. The molecule has 0 radical (unpaired) electrons. The van der Waals surface area contributed by atoms with Crippen LogP contribution in [0, 0.1) is 71.0 Å². The summed E-state index contributed by atoms with van der Waals surface area (Å²) in [7, 11) is 2.17. The van der Waals surface area contributed by atoms with Gasteiger partial charge in [0.15, 0.2) is 0 Å². The van der Waals surface area contributed by atoms with Crippen molar-refractivity contribution < 1.29 is 105 Å². The van der Waals surface area contributed by atoms with E-state index in [4.69, 9.17) is 66.7 Å². The number of piperazine rings is 1. The van der Waals surface area contributed by atoms with Crippen molar-refractivity contribution in [2.45, 2.75) is 408 Å². The summed E-state index contributed by atoms with van der Waals surface area (Å²) in [4.78, 5) is 101. The van der Waals surface area contributed by atoms with E-state index < -0.39 is 12.0 Å². The van der Waals surface area contributed by atoms with Gasteiger partial charge in [0.25, 0.3) is 0 Å². The van der Waals surface area contributed by atoms with Crippen LogP contribution in [0.15, 0.2) is 69.9 Å². The molecule has 23 rings (SSSR count). The number of hydrogen-bond donors (Lipinski definition) is 2. The van der Waals surface area contributed by atoms with Crippen molar-refractivity contribution in [3.63, 3.8) is 0 Å². The average Bonchev–Trinajstić information content (AvgIpc) is 1.59. The number of morpholine rings is 1. The standard InChI is InChI=1S/C21H33NO3.C20H32N2O3.C20H29NO5.C20H31NO3.C19H29NO4.C17H26O4S/c1-15-8-7-11-21(2)19(25-21)18-16(10-9-15)17(20(23)24-18)14-22-12-5-3-4-6-13-22;1-14-5-4-8-20(2)18(25-20)17-15(7-6-14)16(19(23)24-17)13-22-11-9-21(3)10-12-22;1-12-5-3-9-20(2)17(26-20)16-13(8-7-12)14(19(24)25-16)11-21-10-4-6-15(21)18(22)23;1-14-7-6-10-20(2)18(24-20)17-15(9-8-14)16(19(22)23-17)13-21-11-4-3-5-12-21;1-13-4-3-7-19(2)17(24-19)16-14(6-5-13)15(18(21)23-16)12-20-8-10-22-11-9-20;1-11-4-3-7-17(2)15(21-17)14-12(6-5-11)13(16(19)20-14)10-22-9-8-18/h8,16-19H,3-7,9-14H2,1-2H3;5,15-18H,4,6-13H2,1-3H3;5,13-17H,3-4,6-11H2,1-2H3,(H,22,23);7,15-18H,3-6,8-13H2,1-2H3;4,14-17H,3,5-12H2,1-2H3;4,12-15,18H,3,5-10H2,1-2H3/b15-8+;14-5+;12-5+;14-7+;13-4+;11-4+/t16-,17-,18-,19-,21+;15-,16-,17-,18-,20+;13-,14-,15?,16-,17-,20+;15-,16-,17-,18-,20+;14-,15-,16-,17-,19+;12-,13-,14-,15-,17+/m000000/s1. The van der Waals surface area contributed by atoms with Gasteiger partial charge in [0.1, 0.15) is 79.3 Å². The number of aliphatic carboxylic acids is 1. The zero-order chi connectivity index (χ0) is 103. The average molecular weight is 2050 g/mol. The minimum atomic E-state index is -0.784. The fraction of sp³-hybridized carbons (Fsp3) is 0.838. The molecule has 17 aliphatic heterocycles. The number of thioether (sulfide) groups is 1. The first-order valence-electron chi connectivity index (χ1n) is 57.7. The van der Waals surface area contributed by atoms with E-state index in [9.17, 15) is 38.7 Å². The van der Waals surface area contributed by atoms with Crippen LogP contribution in [-0.2, 0) is 95.1 Å². The summed E-state index contributed by atoms with van der Waals surface area (Å²) in [5.41, 5.74) is 7.85. The van der Waals surface area contributed by atoms with Crippen molar-refractivity contribution in [2.24, 2.45) is 71.0 Å². The van der Waals surface area contributed by atoms with Gasteiger partial charge in [-0.15, -0.1) is 0 Å². The number of aliphatic hydroxyl groups excluding tert-OH is 1. The molecule has 28 nitrogen and oxygen atoms in total. The summed E-state index contributed by atoms with van der Waals surface area (Å²) in [6.45, 7) is 43.2. The normalized spacial score (nSPS) is 45.0. The maximum Gasteiger partial charge on any atom is 0.320 e. The van der Waals surface area contributed by atoms with Gasteiger partial charge in [0.05, 0.1) is 88.9 Å². The minimum absolute atomic E-state index is 0.00709. The predicted octanol–water partition coefficient (Wildman–Crippen LogP) is 16.1. The van der Waals surface area contributed by atoms with Crippen LogP contribution in [-0.4, -0.2) is 337 Å². The maximum absolute atomic E-state index is 12.7. The van der Waals surface area contributed by atoms with Crippen LogP contribution < -0.4 is 0 Å². The molecule has 17 fully saturated rings. The fourth-order valence-electron chi connectivity index (χ4n) is 28.5. The van der Waals surface area contributed by atoms with E-state index in [0.717, 1.165) is 278 Å².